The van der Waals surface area contributed by atoms with Gasteiger partial charge in [-0.3, -0.25) is 0 Å². The molecule has 2 heterocycles. The zero-order chi connectivity index (χ0) is 16.4. The van der Waals surface area contributed by atoms with Crippen molar-refractivity contribution < 1.29 is 13.2 Å². The standard InChI is InChI=1S/C15H12F3N5/c1-10-5-6-19-14(21-10)22-12-8-20-23(9-12)13-4-2-3-11(7-13)15(16,17)18/h2-9H,1H3,(H,19,21,22). The fourth-order valence-electron chi connectivity index (χ4n) is 1.99. The average molecular weight is 319 g/mol. The summed E-state index contributed by atoms with van der Waals surface area (Å²) < 4.78 is 39.6. The Kier molecular flexibility index (Phi) is 3.73. The summed E-state index contributed by atoms with van der Waals surface area (Å²) in [6, 6.07) is 6.72. The Morgan fingerprint density at radius 3 is 2.74 bits per heavy atom. The van der Waals surface area contributed by atoms with Crippen LogP contribution in [0, 0.1) is 6.92 Å². The second kappa shape index (κ2) is 5.71. The van der Waals surface area contributed by atoms with E-state index in [1.165, 1.54) is 16.9 Å². The van der Waals surface area contributed by atoms with E-state index in [9.17, 15) is 13.2 Å². The van der Waals surface area contributed by atoms with Crippen molar-refractivity contribution in [2.75, 3.05) is 5.32 Å². The van der Waals surface area contributed by atoms with Gasteiger partial charge in [-0.15, -0.1) is 0 Å². The molecule has 0 radical (unpaired) electrons. The topological polar surface area (TPSA) is 55.6 Å². The summed E-state index contributed by atoms with van der Waals surface area (Å²) in [5, 5.41) is 7.01. The van der Waals surface area contributed by atoms with Gasteiger partial charge in [0.1, 0.15) is 0 Å². The minimum absolute atomic E-state index is 0.318. The Morgan fingerprint density at radius 1 is 1.17 bits per heavy atom. The Morgan fingerprint density at radius 2 is 2.00 bits per heavy atom. The summed E-state index contributed by atoms with van der Waals surface area (Å²) in [7, 11) is 0. The first-order valence-corrected chi connectivity index (χ1v) is 6.71. The van der Waals surface area contributed by atoms with Gasteiger partial charge in [-0.1, -0.05) is 6.07 Å². The quantitative estimate of drug-likeness (QED) is 0.799. The van der Waals surface area contributed by atoms with E-state index in [0.717, 1.165) is 17.8 Å². The number of alkyl halides is 3. The van der Waals surface area contributed by atoms with Crippen LogP contribution in [0.2, 0.25) is 0 Å². The number of aromatic nitrogens is 4. The smallest absolute Gasteiger partial charge is 0.321 e. The van der Waals surface area contributed by atoms with Crippen LogP contribution in [0.5, 0.6) is 0 Å². The molecule has 3 rings (SSSR count). The van der Waals surface area contributed by atoms with Crippen LogP contribution in [-0.4, -0.2) is 19.7 Å². The summed E-state index contributed by atoms with van der Waals surface area (Å²) in [6.45, 7) is 1.83. The molecule has 0 aliphatic rings. The van der Waals surface area contributed by atoms with Gasteiger partial charge in [-0.05, 0) is 31.2 Å². The number of anilines is 2. The van der Waals surface area contributed by atoms with Crippen molar-refractivity contribution >= 4 is 11.6 Å². The third-order valence-corrected chi connectivity index (χ3v) is 3.07. The van der Waals surface area contributed by atoms with Gasteiger partial charge in [-0.25, -0.2) is 14.6 Å². The molecule has 0 atom stereocenters. The van der Waals surface area contributed by atoms with Crippen molar-refractivity contribution in [3.63, 3.8) is 0 Å². The van der Waals surface area contributed by atoms with E-state index < -0.39 is 11.7 Å². The first-order valence-electron chi connectivity index (χ1n) is 6.71. The molecule has 0 aliphatic heterocycles. The molecular formula is C15H12F3N5. The Labute approximate surface area is 129 Å². The molecule has 0 aliphatic carbocycles. The SMILES string of the molecule is Cc1ccnc(Nc2cnn(-c3cccc(C(F)(F)F)c3)c2)n1. The highest BCUT2D eigenvalue weighted by Crippen LogP contribution is 2.30. The van der Waals surface area contributed by atoms with E-state index in [1.807, 2.05) is 6.92 Å². The van der Waals surface area contributed by atoms with Crippen LogP contribution in [-0.2, 0) is 6.18 Å². The lowest BCUT2D eigenvalue weighted by atomic mass is 10.2. The highest BCUT2D eigenvalue weighted by Gasteiger charge is 2.30. The maximum atomic E-state index is 12.8. The average Bonchev–Trinajstić information content (AvgIpc) is 2.95. The van der Waals surface area contributed by atoms with Gasteiger partial charge in [0.15, 0.2) is 0 Å². The van der Waals surface area contributed by atoms with E-state index in [2.05, 4.69) is 20.4 Å². The fraction of sp³-hybridized carbons (Fsp3) is 0.133. The van der Waals surface area contributed by atoms with Crippen molar-refractivity contribution in [1.82, 2.24) is 19.7 Å². The van der Waals surface area contributed by atoms with Gasteiger partial charge in [0, 0.05) is 11.9 Å². The molecule has 1 aromatic carbocycles. The minimum atomic E-state index is -4.39. The lowest BCUT2D eigenvalue weighted by Gasteiger charge is -2.08. The lowest BCUT2D eigenvalue weighted by Crippen LogP contribution is -2.06. The van der Waals surface area contributed by atoms with Crippen molar-refractivity contribution in [1.29, 1.82) is 0 Å². The van der Waals surface area contributed by atoms with Crippen LogP contribution >= 0.6 is 0 Å². The molecule has 0 unspecified atom stereocenters. The van der Waals surface area contributed by atoms with Gasteiger partial charge in [0.05, 0.1) is 29.3 Å². The third kappa shape index (κ3) is 3.47. The highest BCUT2D eigenvalue weighted by atomic mass is 19.4. The molecule has 0 amide bonds. The molecule has 23 heavy (non-hydrogen) atoms. The van der Waals surface area contributed by atoms with Crippen LogP contribution < -0.4 is 5.32 Å². The monoisotopic (exact) mass is 319 g/mol. The van der Waals surface area contributed by atoms with Crippen molar-refractivity contribution in [3.05, 3.63) is 60.2 Å². The predicted octanol–water partition coefficient (Wildman–Crippen LogP) is 3.73. The van der Waals surface area contributed by atoms with Gasteiger partial charge in [0.25, 0.3) is 0 Å². The molecule has 0 spiro atoms. The molecule has 2 aromatic heterocycles. The Bertz CT molecular complexity index is 826. The predicted molar refractivity (Wildman–Crippen MR) is 78.6 cm³/mol. The van der Waals surface area contributed by atoms with Crippen LogP contribution in [0.3, 0.4) is 0 Å². The summed E-state index contributed by atoms with van der Waals surface area (Å²) in [5.41, 5.74) is 0.973. The van der Waals surface area contributed by atoms with Crippen LogP contribution in [0.15, 0.2) is 48.9 Å². The van der Waals surface area contributed by atoms with Crippen LogP contribution in [0.1, 0.15) is 11.3 Å². The number of benzene rings is 1. The molecule has 5 nitrogen and oxygen atoms in total. The molecule has 0 fully saturated rings. The number of rotatable bonds is 3. The van der Waals surface area contributed by atoms with E-state index in [1.54, 1.807) is 24.5 Å². The van der Waals surface area contributed by atoms with Gasteiger partial charge < -0.3 is 5.32 Å². The van der Waals surface area contributed by atoms with Crippen molar-refractivity contribution in [2.24, 2.45) is 0 Å². The lowest BCUT2D eigenvalue weighted by molar-refractivity contribution is -0.137. The second-order valence-corrected chi connectivity index (χ2v) is 4.87. The maximum absolute atomic E-state index is 12.8. The van der Waals surface area contributed by atoms with E-state index in [4.69, 9.17) is 0 Å². The maximum Gasteiger partial charge on any atom is 0.416 e. The molecule has 3 aromatic rings. The van der Waals surface area contributed by atoms with Crippen LogP contribution in [0.4, 0.5) is 24.8 Å². The Balaban J connectivity index is 1.85. The fourth-order valence-corrected chi connectivity index (χ4v) is 1.99. The zero-order valence-corrected chi connectivity index (χ0v) is 12.0. The first kappa shape index (κ1) is 15.0. The molecule has 0 saturated heterocycles. The summed E-state index contributed by atoms with van der Waals surface area (Å²) >= 11 is 0. The van der Waals surface area contributed by atoms with Gasteiger partial charge in [-0.2, -0.15) is 18.3 Å². The van der Waals surface area contributed by atoms with Gasteiger partial charge >= 0.3 is 6.18 Å². The third-order valence-electron chi connectivity index (χ3n) is 3.07. The molecule has 0 bridgehead atoms. The summed E-state index contributed by atoms with van der Waals surface area (Å²) in [5.74, 6) is 0.397. The molecule has 118 valence electrons. The number of nitrogens with zero attached hydrogens (tertiary/aromatic N) is 4. The molecular weight excluding hydrogens is 307 g/mol. The second-order valence-electron chi connectivity index (χ2n) is 4.87. The summed E-state index contributed by atoms with van der Waals surface area (Å²) in [6.07, 6.45) is 0.286. The van der Waals surface area contributed by atoms with Crippen molar-refractivity contribution in [2.45, 2.75) is 13.1 Å². The number of nitrogens with one attached hydrogen (secondary N) is 1. The number of hydrogen-bond acceptors (Lipinski definition) is 4. The number of hydrogen-bond donors (Lipinski definition) is 1. The molecule has 0 saturated carbocycles. The zero-order valence-electron chi connectivity index (χ0n) is 12.0. The summed E-state index contributed by atoms with van der Waals surface area (Å²) in [4.78, 5) is 8.24. The number of aryl methyl sites for hydroxylation is 1. The normalized spacial score (nSPS) is 11.5. The molecule has 8 heteroatoms. The number of halogens is 3. The Hall–Kier alpha value is -2.90. The van der Waals surface area contributed by atoms with Crippen molar-refractivity contribution in [3.8, 4) is 5.69 Å². The minimum Gasteiger partial charge on any atom is -0.321 e. The molecule has 1 N–H and O–H groups in total. The first-order chi connectivity index (χ1) is 10.9. The van der Waals surface area contributed by atoms with E-state index in [0.29, 0.717) is 17.3 Å². The highest BCUT2D eigenvalue weighted by molar-refractivity contribution is 5.52. The van der Waals surface area contributed by atoms with E-state index >= 15 is 0 Å². The van der Waals surface area contributed by atoms with Gasteiger partial charge in [0.2, 0.25) is 5.95 Å². The largest absolute Gasteiger partial charge is 0.416 e. The van der Waals surface area contributed by atoms with E-state index in [-0.39, 0.29) is 0 Å². The van der Waals surface area contributed by atoms with Crippen LogP contribution in [0.25, 0.3) is 5.69 Å².